The number of aliphatic hydroxyl groups excluding tert-OH is 1. The number of aromatic hydroxyl groups is 2. The maximum Gasteiger partial charge on any atom is 0.244 e. The second-order valence-corrected chi connectivity index (χ2v) is 18.7. The molecule has 9 atom stereocenters. The van der Waals surface area contributed by atoms with Crippen LogP contribution in [0.1, 0.15) is 87.2 Å². The van der Waals surface area contributed by atoms with Gasteiger partial charge in [-0.15, -0.1) is 0 Å². The summed E-state index contributed by atoms with van der Waals surface area (Å²) in [6.07, 6.45) is -3.26. The number of fused-ring (bicyclic) bond motifs is 6. The average molecular weight is 945 g/mol. The third-order valence-electron chi connectivity index (χ3n) is 14.0. The van der Waals surface area contributed by atoms with Crippen LogP contribution >= 0.6 is 11.8 Å². The minimum absolute atomic E-state index is 0.0656. The largest absolute Gasteiger partial charge is 0.507 e. The topological polar surface area (TPSA) is 251 Å². The van der Waals surface area contributed by atoms with Crippen LogP contribution < -0.4 is 10.1 Å². The molecule has 3 aromatic carbocycles. The standard InChI is InChI=1S/C47H52N4O15S/c1-22-43-27(49-14-15-50(45(63-3)46(49)66-43)32(54)13-10-23-8-11-24(12-9-23)48-21-51-33(55)17-30(67-4)44(51)60)16-34(64-22)65-29-19-47(61,31(53)20-52)18-26-36(29)42(59)38-37(40(26)57)39(56)25-6-5-7-28(62-2)35(25)41(38)58/h5-9,11-12,22,27,29-30,34,43,45-46,48,52,57,59,61H,10,13-21H2,1-4H3/t22-,27-,29-,30?,34-,43+,45+,46+,47-/m0/s1. The lowest BCUT2D eigenvalue weighted by Gasteiger charge is -2.45. The molecule has 356 valence electrons. The number of carbonyl (C=O) groups is 6. The number of hydrogen-bond donors (Lipinski definition) is 5. The number of aryl methyl sites for hydroxylation is 1. The zero-order chi connectivity index (χ0) is 47.6. The number of hydrogen-bond acceptors (Lipinski definition) is 18. The van der Waals surface area contributed by atoms with E-state index in [0.717, 1.165) is 11.3 Å². The van der Waals surface area contributed by atoms with Crippen molar-refractivity contribution in [2.45, 2.75) is 99.4 Å². The number of aliphatic hydroxyl groups is 2. The number of thioether (sulfide) groups is 1. The first-order valence-electron chi connectivity index (χ1n) is 22.1. The second-order valence-electron chi connectivity index (χ2n) is 17.6. The summed E-state index contributed by atoms with van der Waals surface area (Å²) in [5.41, 5.74) is -2.10. The number of phenolic OH excluding ortho intramolecular Hbond substituents is 2. The number of nitrogens with zero attached hydrogens (tertiary/aromatic N) is 3. The first-order valence-corrected chi connectivity index (χ1v) is 23.4. The molecule has 3 amide bonds. The van der Waals surface area contributed by atoms with Crippen molar-refractivity contribution < 1.29 is 72.9 Å². The highest BCUT2D eigenvalue weighted by molar-refractivity contribution is 8.00. The minimum Gasteiger partial charge on any atom is -0.507 e. The molecule has 9 rings (SSSR count). The van der Waals surface area contributed by atoms with Gasteiger partial charge in [-0.25, -0.2) is 0 Å². The van der Waals surface area contributed by atoms with Gasteiger partial charge in [0.25, 0.3) is 0 Å². The van der Waals surface area contributed by atoms with Gasteiger partial charge in [0.2, 0.25) is 23.5 Å². The molecule has 6 aliphatic rings. The van der Waals surface area contributed by atoms with E-state index in [-0.39, 0.29) is 82.9 Å². The maximum absolute atomic E-state index is 14.1. The number of piperazine rings is 1. The van der Waals surface area contributed by atoms with Crippen LogP contribution in [0.3, 0.4) is 0 Å². The Morgan fingerprint density at radius 2 is 1.72 bits per heavy atom. The van der Waals surface area contributed by atoms with Crippen molar-refractivity contribution in [3.05, 3.63) is 81.4 Å². The second kappa shape index (κ2) is 18.2. The van der Waals surface area contributed by atoms with Crippen LogP contribution in [0.15, 0.2) is 42.5 Å². The third kappa shape index (κ3) is 7.95. The molecule has 0 aromatic heterocycles. The minimum atomic E-state index is -2.30. The van der Waals surface area contributed by atoms with Gasteiger partial charge >= 0.3 is 0 Å². The van der Waals surface area contributed by atoms with Crippen LogP contribution in [0.5, 0.6) is 17.2 Å². The van der Waals surface area contributed by atoms with E-state index in [1.165, 1.54) is 49.1 Å². The van der Waals surface area contributed by atoms with Gasteiger partial charge in [0, 0.05) is 80.7 Å². The van der Waals surface area contributed by atoms with E-state index in [1.807, 2.05) is 30.5 Å². The third-order valence-corrected chi connectivity index (χ3v) is 14.9. The van der Waals surface area contributed by atoms with Crippen molar-refractivity contribution in [1.29, 1.82) is 0 Å². The molecule has 4 heterocycles. The van der Waals surface area contributed by atoms with Gasteiger partial charge in [-0.05, 0) is 43.4 Å². The molecular formula is C47H52N4O15S. The number of methoxy groups -OCH3 is 2. The van der Waals surface area contributed by atoms with Crippen LogP contribution in [0.2, 0.25) is 0 Å². The molecule has 3 aromatic rings. The van der Waals surface area contributed by atoms with Gasteiger partial charge in [0.05, 0.1) is 47.9 Å². The number of carbonyl (C=O) groups excluding carboxylic acids is 6. The predicted octanol–water partition coefficient (Wildman–Crippen LogP) is 2.02. The predicted molar refractivity (Wildman–Crippen MR) is 236 cm³/mol. The number of nitrogens with one attached hydrogen (secondary N) is 1. The van der Waals surface area contributed by atoms with Crippen molar-refractivity contribution in [2.24, 2.45) is 0 Å². The van der Waals surface area contributed by atoms with Crippen molar-refractivity contribution in [3.63, 3.8) is 0 Å². The molecule has 4 fully saturated rings. The fourth-order valence-corrected chi connectivity index (χ4v) is 11.2. The highest BCUT2D eigenvalue weighted by Gasteiger charge is 2.56. The number of amides is 3. The summed E-state index contributed by atoms with van der Waals surface area (Å²) in [7, 11) is 2.83. The number of anilines is 1. The van der Waals surface area contributed by atoms with Gasteiger partial charge in [0.1, 0.15) is 35.6 Å². The van der Waals surface area contributed by atoms with Gasteiger partial charge in [-0.1, -0.05) is 24.3 Å². The molecule has 67 heavy (non-hydrogen) atoms. The fourth-order valence-electron chi connectivity index (χ4n) is 10.5. The summed E-state index contributed by atoms with van der Waals surface area (Å²) in [5.74, 6) is -4.38. The molecule has 0 saturated carbocycles. The number of ketones is 3. The summed E-state index contributed by atoms with van der Waals surface area (Å²) in [5, 5.41) is 48.1. The van der Waals surface area contributed by atoms with Gasteiger partial charge in [-0.2, -0.15) is 11.8 Å². The Labute approximate surface area is 389 Å². The number of benzene rings is 3. The lowest BCUT2D eigenvalue weighted by atomic mass is 9.72. The van der Waals surface area contributed by atoms with Crippen LogP contribution in [-0.2, 0) is 51.0 Å². The van der Waals surface area contributed by atoms with Gasteiger partial charge in [-0.3, -0.25) is 38.6 Å². The molecule has 0 radical (unpaired) electrons. The monoisotopic (exact) mass is 944 g/mol. The smallest absolute Gasteiger partial charge is 0.244 e. The molecule has 20 heteroatoms. The Kier molecular flexibility index (Phi) is 12.7. The number of ether oxygens (including phenoxy) is 5. The molecule has 1 unspecified atom stereocenters. The quantitative estimate of drug-likeness (QED) is 0.0950. The summed E-state index contributed by atoms with van der Waals surface area (Å²) in [6.45, 7) is 1.55. The van der Waals surface area contributed by atoms with E-state index in [0.29, 0.717) is 19.5 Å². The summed E-state index contributed by atoms with van der Waals surface area (Å²) >= 11 is 1.36. The molecule has 0 bridgehead atoms. The summed E-state index contributed by atoms with van der Waals surface area (Å²) in [4.78, 5) is 84.7. The molecule has 0 spiro atoms. The zero-order valence-corrected chi connectivity index (χ0v) is 38.1. The first kappa shape index (κ1) is 46.7. The highest BCUT2D eigenvalue weighted by Crippen LogP contribution is 2.53. The number of Topliss-reactive ketones (excluding diaryl/α,β-unsaturated/α-hetero) is 1. The van der Waals surface area contributed by atoms with Crippen LogP contribution in [-0.4, -0.2) is 165 Å². The Bertz CT molecular complexity index is 2540. The molecule has 2 aliphatic carbocycles. The Hall–Kier alpha value is -5.45. The van der Waals surface area contributed by atoms with E-state index in [2.05, 4.69) is 10.2 Å². The SMILES string of the molecule is COc1cccc2c1C(=O)c1c(O)c3c(c(O)c1C2=O)C[C@@](O)(C(=O)CO)C[C@@H]3O[C@H]1C[C@H]2[C@H](O[C@@H]3[C@@H](OC)N(C(=O)CCc4ccc(NCN5C(=O)CC(SC)C5=O)cc4)CCN32)[C@H](C)O1. The molecule has 19 nitrogen and oxygen atoms in total. The van der Waals surface area contributed by atoms with Crippen molar-refractivity contribution in [1.82, 2.24) is 14.7 Å². The number of likely N-dealkylation sites (tertiary alicyclic amines) is 1. The van der Waals surface area contributed by atoms with Gasteiger partial charge in [0.15, 0.2) is 30.3 Å². The van der Waals surface area contributed by atoms with Crippen molar-refractivity contribution in [2.75, 3.05) is 52.2 Å². The van der Waals surface area contributed by atoms with Crippen molar-refractivity contribution in [3.8, 4) is 17.2 Å². The number of imide groups is 1. The highest BCUT2D eigenvalue weighted by atomic mass is 32.2. The first-order chi connectivity index (χ1) is 32.1. The van der Waals surface area contributed by atoms with Crippen molar-refractivity contribution >= 4 is 52.5 Å². The number of rotatable bonds is 13. The van der Waals surface area contributed by atoms with Gasteiger partial charge < -0.3 is 54.3 Å². The normalized spacial score (nSPS) is 29.0. The Morgan fingerprint density at radius 3 is 2.40 bits per heavy atom. The lowest BCUT2D eigenvalue weighted by molar-refractivity contribution is -0.248. The molecule has 4 aliphatic heterocycles. The fraction of sp³-hybridized carbons (Fsp3) is 0.489. The van der Waals surface area contributed by atoms with E-state index in [4.69, 9.17) is 23.7 Å². The molecule has 4 saturated heterocycles. The summed E-state index contributed by atoms with van der Waals surface area (Å²) < 4.78 is 30.8. The average Bonchev–Trinajstić information content (AvgIpc) is 3.84. The maximum atomic E-state index is 14.1. The van der Waals surface area contributed by atoms with E-state index < -0.39 is 102 Å². The van der Waals surface area contributed by atoms with E-state index in [1.54, 1.807) is 11.8 Å². The van der Waals surface area contributed by atoms with Crippen LogP contribution in [0.4, 0.5) is 5.69 Å². The molecule has 5 N–H and O–H groups in total. The van der Waals surface area contributed by atoms with Crippen LogP contribution in [0, 0.1) is 0 Å². The zero-order valence-electron chi connectivity index (χ0n) is 37.3. The molecular weight excluding hydrogens is 893 g/mol. The van der Waals surface area contributed by atoms with E-state index >= 15 is 0 Å². The lowest BCUT2D eigenvalue weighted by Crippen LogP contribution is -2.62. The van der Waals surface area contributed by atoms with E-state index in [9.17, 15) is 49.2 Å². The summed E-state index contributed by atoms with van der Waals surface area (Å²) in [6, 6.07) is 11.5. The Morgan fingerprint density at radius 1 is 0.970 bits per heavy atom. The number of phenols is 2. The Balaban J connectivity index is 0.891. The van der Waals surface area contributed by atoms with Crippen LogP contribution in [0.25, 0.3) is 0 Å².